The lowest BCUT2D eigenvalue weighted by Gasteiger charge is -2.23. The van der Waals surface area contributed by atoms with Crippen LogP contribution in [-0.2, 0) is 0 Å². The molecule has 2 aromatic carbocycles. The number of nitrogens with zero attached hydrogens (tertiary/aromatic N) is 1. The van der Waals surface area contributed by atoms with Crippen LogP contribution in [0.4, 0.5) is 20.2 Å². The Balaban J connectivity index is 2.42. The van der Waals surface area contributed by atoms with Crippen molar-refractivity contribution in [3.63, 3.8) is 0 Å². The lowest BCUT2D eigenvalue weighted by molar-refractivity contribution is 0.0986. The molecule has 0 heterocycles. The van der Waals surface area contributed by atoms with Crippen LogP contribution in [-0.4, -0.2) is 12.5 Å². The Labute approximate surface area is 122 Å². The summed E-state index contributed by atoms with van der Waals surface area (Å²) in [5.41, 5.74) is 6.82. The summed E-state index contributed by atoms with van der Waals surface area (Å²) in [5, 5.41) is 0. The molecule has 0 aromatic heterocycles. The molecule has 2 rings (SSSR count). The molecule has 21 heavy (non-hydrogen) atoms. The molecule has 0 aliphatic rings. The van der Waals surface area contributed by atoms with Crippen molar-refractivity contribution in [3.8, 4) is 0 Å². The SMILES string of the molecule is CCCN(C(=O)c1cc(F)cc(F)c1)c1ccccc1N. The van der Waals surface area contributed by atoms with Crippen LogP contribution < -0.4 is 10.6 Å². The van der Waals surface area contributed by atoms with Gasteiger partial charge in [-0.05, 0) is 30.7 Å². The first-order valence-corrected chi connectivity index (χ1v) is 6.65. The third-order valence-electron chi connectivity index (χ3n) is 3.03. The van der Waals surface area contributed by atoms with Crippen molar-refractivity contribution in [1.82, 2.24) is 0 Å². The first-order chi connectivity index (χ1) is 10.0. The van der Waals surface area contributed by atoms with Crippen molar-refractivity contribution in [2.75, 3.05) is 17.2 Å². The highest BCUT2D eigenvalue weighted by Gasteiger charge is 2.20. The van der Waals surface area contributed by atoms with Gasteiger partial charge in [-0.2, -0.15) is 0 Å². The molecule has 0 aliphatic heterocycles. The number of carbonyl (C=O) groups is 1. The molecule has 1 amide bonds. The Morgan fingerprint density at radius 2 is 1.76 bits per heavy atom. The number of halogens is 2. The van der Waals surface area contributed by atoms with E-state index in [-0.39, 0.29) is 5.56 Å². The number of carbonyl (C=O) groups excluding carboxylic acids is 1. The average molecular weight is 290 g/mol. The van der Waals surface area contributed by atoms with E-state index in [0.29, 0.717) is 24.3 Å². The van der Waals surface area contributed by atoms with Gasteiger partial charge in [-0.25, -0.2) is 8.78 Å². The zero-order valence-corrected chi connectivity index (χ0v) is 11.6. The highest BCUT2D eigenvalue weighted by atomic mass is 19.1. The number of nitrogens with two attached hydrogens (primary N) is 1. The summed E-state index contributed by atoms with van der Waals surface area (Å²) in [5.74, 6) is -2.04. The zero-order valence-electron chi connectivity index (χ0n) is 11.6. The Bertz CT molecular complexity index is 638. The lowest BCUT2D eigenvalue weighted by Crippen LogP contribution is -2.32. The number of hydrogen-bond donors (Lipinski definition) is 1. The van der Waals surface area contributed by atoms with Gasteiger partial charge >= 0.3 is 0 Å². The molecule has 0 radical (unpaired) electrons. The van der Waals surface area contributed by atoms with Crippen molar-refractivity contribution in [2.24, 2.45) is 0 Å². The maximum atomic E-state index is 13.3. The van der Waals surface area contributed by atoms with E-state index in [9.17, 15) is 13.6 Å². The second kappa shape index (κ2) is 6.35. The molecule has 0 saturated carbocycles. The summed E-state index contributed by atoms with van der Waals surface area (Å²) in [4.78, 5) is 14.0. The van der Waals surface area contributed by atoms with E-state index in [2.05, 4.69) is 0 Å². The van der Waals surface area contributed by atoms with E-state index in [4.69, 9.17) is 5.73 Å². The minimum absolute atomic E-state index is 0.0378. The average Bonchev–Trinajstić information content (AvgIpc) is 2.44. The monoisotopic (exact) mass is 290 g/mol. The molecule has 3 nitrogen and oxygen atoms in total. The van der Waals surface area contributed by atoms with Crippen LogP contribution in [0.15, 0.2) is 42.5 Å². The van der Waals surface area contributed by atoms with Crippen LogP contribution in [0.2, 0.25) is 0 Å². The molecule has 0 fully saturated rings. The van der Waals surface area contributed by atoms with Crippen molar-refractivity contribution >= 4 is 17.3 Å². The van der Waals surface area contributed by atoms with Gasteiger partial charge < -0.3 is 10.6 Å². The van der Waals surface area contributed by atoms with Crippen molar-refractivity contribution in [2.45, 2.75) is 13.3 Å². The lowest BCUT2D eigenvalue weighted by atomic mass is 10.1. The predicted molar refractivity (Wildman–Crippen MR) is 79.2 cm³/mol. The van der Waals surface area contributed by atoms with Crippen LogP contribution in [0.25, 0.3) is 0 Å². The van der Waals surface area contributed by atoms with E-state index < -0.39 is 17.5 Å². The molecule has 5 heteroatoms. The number of rotatable bonds is 4. The fourth-order valence-corrected chi connectivity index (χ4v) is 2.12. The Hall–Kier alpha value is -2.43. The summed E-state index contributed by atoms with van der Waals surface area (Å²) in [7, 11) is 0. The molecule has 110 valence electrons. The fourth-order valence-electron chi connectivity index (χ4n) is 2.12. The van der Waals surface area contributed by atoms with Gasteiger partial charge in [0.1, 0.15) is 11.6 Å². The first-order valence-electron chi connectivity index (χ1n) is 6.65. The number of amides is 1. The summed E-state index contributed by atoms with van der Waals surface area (Å²) >= 11 is 0. The molecule has 0 unspecified atom stereocenters. The Kier molecular flexibility index (Phi) is 4.52. The van der Waals surface area contributed by atoms with E-state index in [1.165, 1.54) is 4.90 Å². The van der Waals surface area contributed by atoms with Gasteiger partial charge in [0.15, 0.2) is 0 Å². The van der Waals surface area contributed by atoms with Crippen LogP contribution in [0.1, 0.15) is 23.7 Å². The number of benzene rings is 2. The molecule has 0 aliphatic carbocycles. The molecule has 2 aromatic rings. The maximum absolute atomic E-state index is 13.3. The van der Waals surface area contributed by atoms with Gasteiger partial charge in [0.05, 0.1) is 11.4 Å². The van der Waals surface area contributed by atoms with E-state index in [1.54, 1.807) is 24.3 Å². The minimum Gasteiger partial charge on any atom is -0.397 e. The summed E-state index contributed by atoms with van der Waals surface area (Å²) in [6, 6.07) is 9.68. The van der Waals surface area contributed by atoms with E-state index >= 15 is 0 Å². The highest BCUT2D eigenvalue weighted by Crippen LogP contribution is 2.25. The Morgan fingerprint density at radius 3 is 2.33 bits per heavy atom. The molecular formula is C16H16F2N2O. The van der Waals surface area contributed by atoms with Gasteiger partial charge in [0.2, 0.25) is 0 Å². The molecule has 0 atom stereocenters. The number of para-hydroxylation sites is 2. The Morgan fingerprint density at radius 1 is 1.14 bits per heavy atom. The predicted octanol–water partition coefficient (Wildman–Crippen LogP) is 3.60. The molecule has 0 spiro atoms. The van der Waals surface area contributed by atoms with Gasteiger partial charge in [-0.3, -0.25) is 4.79 Å². The van der Waals surface area contributed by atoms with Crippen molar-refractivity contribution in [3.05, 3.63) is 59.7 Å². The highest BCUT2D eigenvalue weighted by molar-refractivity contribution is 6.07. The van der Waals surface area contributed by atoms with Crippen molar-refractivity contribution < 1.29 is 13.6 Å². The number of anilines is 2. The topological polar surface area (TPSA) is 46.3 Å². The number of hydrogen-bond acceptors (Lipinski definition) is 2. The van der Waals surface area contributed by atoms with E-state index in [1.807, 2.05) is 6.92 Å². The van der Waals surface area contributed by atoms with Crippen LogP contribution in [0.5, 0.6) is 0 Å². The minimum atomic E-state index is -0.782. The second-order valence-corrected chi connectivity index (χ2v) is 4.67. The number of nitrogen functional groups attached to an aromatic ring is 1. The van der Waals surface area contributed by atoms with Gasteiger partial charge in [-0.15, -0.1) is 0 Å². The fraction of sp³-hybridized carbons (Fsp3) is 0.188. The van der Waals surface area contributed by atoms with E-state index in [0.717, 1.165) is 18.2 Å². The summed E-state index contributed by atoms with van der Waals surface area (Å²) in [6.07, 6.45) is 0.692. The zero-order chi connectivity index (χ0) is 15.4. The third kappa shape index (κ3) is 3.37. The smallest absolute Gasteiger partial charge is 0.258 e. The summed E-state index contributed by atoms with van der Waals surface area (Å²) in [6.45, 7) is 2.32. The quantitative estimate of drug-likeness (QED) is 0.874. The molecule has 0 saturated heterocycles. The van der Waals surface area contributed by atoms with Crippen LogP contribution >= 0.6 is 0 Å². The first kappa shape index (κ1) is 15.0. The largest absolute Gasteiger partial charge is 0.397 e. The third-order valence-corrected chi connectivity index (χ3v) is 3.03. The maximum Gasteiger partial charge on any atom is 0.258 e. The van der Waals surface area contributed by atoms with Crippen LogP contribution in [0, 0.1) is 11.6 Å². The second-order valence-electron chi connectivity index (χ2n) is 4.67. The molecule has 2 N–H and O–H groups in total. The molecular weight excluding hydrogens is 274 g/mol. The van der Waals surface area contributed by atoms with Gasteiger partial charge in [-0.1, -0.05) is 19.1 Å². The van der Waals surface area contributed by atoms with Crippen molar-refractivity contribution in [1.29, 1.82) is 0 Å². The summed E-state index contributed by atoms with van der Waals surface area (Å²) < 4.78 is 26.6. The molecule has 0 bridgehead atoms. The normalized spacial score (nSPS) is 10.4. The van der Waals surface area contributed by atoms with Gasteiger partial charge in [0, 0.05) is 18.2 Å². The standard InChI is InChI=1S/C16H16F2N2O/c1-2-7-20(15-6-4-3-5-14(15)19)16(21)11-8-12(17)10-13(18)9-11/h3-6,8-10H,2,7,19H2,1H3. The van der Waals surface area contributed by atoms with Gasteiger partial charge in [0.25, 0.3) is 5.91 Å². The van der Waals surface area contributed by atoms with Crippen LogP contribution in [0.3, 0.4) is 0 Å².